The first-order chi connectivity index (χ1) is 9.49. The molecule has 2 aromatic heterocycles. The van der Waals surface area contributed by atoms with E-state index in [1.165, 1.54) is 23.1 Å². The lowest BCUT2D eigenvalue weighted by Crippen LogP contribution is -2.26. The molecule has 0 aromatic carbocycles. The second-order valence-corrected chi connectivity index (χ2v) is 5.76. The standard InChI is InChI=1S/C13H14N4O2S/c1-4-8(2)17-11-10(5-9(6-14)12(17)18)7-15-13(16-11)20(3)19/h5,7-8H,4H2,1-3H3. The van der Waals surface area contributed by atoms with Gasteiger partial charge in [0.15, 0.2) is 5.65 Å². The number of hydrogen-bond acceptors (Lipinski definition) is 5. The van der Waals surface area contributed by atoms with Crippen molar-refractivity contribution >= 4 is 22.2 Å². The first kappa shape index (κ1) is 14.5. The Morgan fingerprint density at radius 2 is 2.30 bits per heavy atom. The molecule has 0 amide bonds. The highest BCUT2D eigenvalue weighted by Gasteiger charge is 2.17. The average molecular weight is 290 g/mol. The van der Waals surface area contributed by atoms with Crippen LogP contribution in [-0.2, 0) is 11.2 Å². The molecule has 0 radical (unpaired) electrons. The second-order valence-electron chi connectivity index (χ2n) is 4.49. The molecule has 0 aliphatic carbocycles. The van der Waals surface area contributed by atoms with Crippen LogP contribution in [0.2, 0.25) is 0 Å². The lowest BCUT2D eigenvalue weighted by atomic mass is 10.2. The number of pyridine rings is 1. The van der Waals surface area contributed by atoms with E-state index in [0.29, 0.717) is 11.0 Å². The number of fused-ring (bicyclic) bond motifs is 1. The summed E-state index contributed by atoms with van der Waals surface area (Å²) in [6.45, 7) is 3.83. The summed E-state index contributed by atoms with van der Waals surface area (Å²) in [5, 5.41) is 9.82. The van der Waals surface area contributed by atoms with Gasteiger partial charge >= 0.3 is 5.16 Å². The van der Waals surface area contributed by atoms with Gasteiger partial charge < -0.3 is 4.55 Å². The summed E-state index contributed by atoms with van der Waals surface area (Å²) < 4.78 is 13.0. The van der Waals surface area contributed by atoms with E-state index in [0.717, 1.165) is 6.42 Å². The van der Waals surface area contributed by atoms with E-state index in [2.05, 4.69) is 9.97 Å². The van der Waals surface area contributed by atoms with Crippen molar-refractivity contribution in [1.29, 1.82) is 5.26 Å². The van der Waals surface area contributed by atoms with Crippen LogP contribution in [0.3, 0.4) is 0 Å². The third kappa shape index (κ3) is 2.40. The van der Waals surface area contributed by atoms with Gasteiger partial charge in [0.2, 0.25) is 0 Å². The topological polar surface area (TPSA) is 94.6 Å². The number of hydrogen-bond donors (Lipinski definition) is 0. The van der Waals surface area contributed by atoms with Gasteiger partial charge in [-0.3, -0.25) is 9.36 Å². The van der Waals surface area contributed by atoms with Gasteiger partial charge in [0, 0.05) is 28.8 Å². The van der Waals surface area contributed by atoms with Crippen LogP contribution in [0.4, 0.5) is 0 Å². The van der Waals surface area contributed by atoms with Gasteiger partial charge in [0.25, 0.3) is 5.56 Å². The van der Waals surface area contributed by atoms with E-state index in [-0.39, 0.29) is 22.3 Å². The zero-order valence-electron chi connectivity index (χ0n) is 11.5. The molecule has 104 valence electrons. The molecular weight excluding hydrogens is 276 g/mol. The summed E-state index contributed by atoms with van der Waals surface area (Å²) in [5.74, 6) is 0. The Morgan fingerprint density at radius 1 is 1.60 bits per heavy atom. The van der Waals surface area contributed by atoms with Crippen molar-refractivity contribution < 1.29 is 4.55 Å². The molecule has 6 nitrogen and oxygen atoms in total. The molecule has 2 aromatic rings. The molecule has 0 spiro atoms. The van der Waals surface area contributed by atoms with E-state index >= 15 is 0 Å². The summed E-state index contributed by atoms with van der Waals surface area (Å²) in [6, 6.07) is 3.26. The maximum absolute atomic E-state index is 12.3. The maximum atomic E-state index is 12.3. The highest BCUT2D eigenvalue weighted by Crippen LogP contribution is 2.18. The molecule has 0 saturated heterocycles. The van der Waals surface area contributed by atoms with Crippen molar-refractivity contribution in [3.05, 3.63) is 28.2 Å². The minimum atomic E-state index is -1.32. The van der Waals surface area contributed by atoms with E-state index in [4.69, 9.17) is 5.26 Å². The molecule has 0 aliphatic heterocycles. The molecule has 0 fully saturated rings. The molecular formula is C13H14N4O2S. The van der Waals surface area contributed by atoms with Crippen molar-refractivity contribution in [3.63, 3.8) is 0 Å². The molecule has 7 heteroatoms. The largest absolute Gasteiger partial charge is 0.609 e. The van der Waals surface area contributed by atoms with Crippen LogP contribution in [0.25, 0.3) is 11.0 Å². The maximum Gasteiger partial charge on any atom is 0.344 e. The lowest BCUT2D eigenvalue weighted by molar-refractivity contribution is 0.524. The molecule has 2 unspecified atom stereocenters. The minimum Gasteiger partial charge on any atom is -0.609 e. The third-order valence-corrected chi connectivity index (χ3v) is 3.87. The van der Waals surface area contributed by atoms with Gasteiger partial charge in [-0.05, 0) is 19.4 Å². The molecule has 2 rings (SSSR count). The molecule has 0 saturated carbocycles. The number of aromatic nitrogens is 3. The van der Waals surface area contributed by atoms with Crippen LogP contribution in [-0.4, -0.2) is 25.3 Å². The third-order valence-electron chi connectivity index (χ3n) is 3.16. The van der Waals surface area contributed by atoms with Crippen LogP contribution < -0.4 is 5.56 Å². The number of nitriles is 1. The van der Waals surface area contributed by atoms with Crippen molar-refractivity contribution in [2.45, 2.75) is 31.5 Å². The van der Waals surface area contributed by atoms with E-state index in [9.17, 15) is 9.35 Å². The van der Waals surface area contributed by atoms with Crippen molar-refractivity contribution in [2.24, 2.45) is 0 Å². The van der Waals surface area contributed by atoms with Crippen LogP contribution in [0, 0.1) is 11.3 Å². The fourth-order valence-electron chi connectivity index (χ4n) is 1.91. The molecule has 2 heterocycles. The zero-order valence-corrected chi connectivity index (χ0v) is 12.3. The molecule has 20 heavy (non-hydrogen) atoms. The van der Waals surface area contributed by atoms with Crippen molar-refractivity contribution in [1.82, 2.24) is 14.5 Å². The predicted octanol–water partition coefficient (Wildman–Crippen LogP) is 1.37. The van der Waals surface area contributed by atoms with Crippen LogP contribution >= 0.6 is 0 Å². The quantitative estimate of drug-likeness (QED) is 0.628. The Labute approximate surface area is 119 Å². The Balaban J connectivity index is 2.88. The summed E-state index contributed by atoms with van der Waals surface area (Å²) in [7, 11) is 0. The fourth-order valence-corrected chi connectivity index (χ4v) is 2.33. The Kier molecular flexibility index (Phi) is 4.06. The smallest absolute Gasteiger partial charge is 0.344 e. The first-order valence-electron chi connectivity index (χ1n) is 6.15. The van der Waals surface area contributed by atoms with E-state index in [1.54, 1.807) is 0 Å². The van der Waals surface area contributed by atoms with Gasteiger partial charge in [-0.2, -0.15) is 15.2 Å². The monoisotopic (exact) mass is 290 g/mol. The highest BCUT2D eigenvalue weighted by molar-refractivity contribution is 7.90. The molecule has 0 aliphatic rings. The lowest BCUT2D eigenvalue weighted by Gasteiger charge is -2.16. The average Bonchev–Trinajstić information content (AvgIpc) is 2.45. The predicted molar refractivity (Wildman–Crippen MR) is 75.8 cm³/mol. The van der Waals surface area contributed by atoms with Gasteiger partial charge in [-0.1, -0.05) is 6.92 Å². The van der Waals surface area contributed by atoms with Gasteiger partial charge in [-0.15, -0.1) is 0 Å². The number of nitrogens with zero attached hydrogens (tertiary/aromatic N) is 4. The summed E-state index contributed by atoms with van der Waals surface area (Å²) >= 11 is -1.32. The fraction of sp³-hybridized carbons (Fsp3) is 0.385. The van der Waals surface area contributed by atoms with Crippen LogP contribution in [0.15, 0.2) is 22.2 Å². The highest BCUT2D eigenvalue weighted by atomic mass is 32.2. The van der Waals surface area contributed by atoms with Crippen LogP contribution in [0.5, 0.6) is 0 Å². The van der Waals surface area contributed by atoms with Crippen molar-refractivity contribution in [2.75, 3.05) is 6.26 Å². The van der Waals surface area contributed by atoms with Gasteiger partial charge in [0.1, 0.15) is 17.9 Å². The summed E-state index contributed by atoms with van der Waals surface area (Å²) in [5.41, 5.74) is 0.108. The SMILES string of the molecule is CCC(C)n1c(=O)c(C#N)cc2cnc([S+](C)[O-])nc21. The second kappa shape index (κ2) is 5.61. The van der Waals surface area contributed by atoms with Gasteiger partial charge in [-0.25, -0.2) is 0 Å². The molecule has 0 N–H and O–H groups in total. The molecule has 0 bridgehead atoms. The van der Waals surface area contributed by atoms with E-state index < -0.39 is 11.2 Å². The Bertz CT molecular complexity index is 748. The van der Waals surface area contributed by atoms with Crippen LogP contribution in [0.1, 0.15) is 31.9 Å². The summed E-state index contributed by atoms with van der Waals surface area (Å²) in [6.07, 6.45) is 3.70. The zero-order chi connectivity index (χ0) is 14.9. The molecule has 2 atom stereocenters. The normalized spacial score (nSPS) is 13.9. The summed E-state index contributed by atoms with van der Waals surface area (Å²) in [4.78, 5) is 20.5. The number of rotatable bonds is 3. The minimum absolute atomic E-state index is 0.0618. The Morgan fingerprint density at radius 3 is 2.85 bits per heavy atom. The van der Waals surface area contributed by atoms with Crippen molar-refractivity contribution in [3.8, 4) is 6.07 Å². The first-order valence-corrected chi connectivity index (χ1v) is 7.71. The van der Waals surface area contributed by atoms with E-state index in [1.807, 2.05) is 19.9 Å². The van der Waals surface area contributed by atoms with Gasteiger partial charge in [0.05, 0.1) is 0 Å². The Hall–Kier alpha value is -1.91.